The summed E-state index contributed by atoms with van der Waals surface area (Å²) < 4.78 is 5.33. The van der Waals surface area contributed by atoms with Crippen molar-refractivity contribution < 1.29 is 9.53 Å². The Morgan fingerprint density at radius 1 is 1.79 bits per heavy atom. The molecule has 2 rings (SSSR count). The van der Waals surface area contributed by atoms with Crippen LogP contribution in [0.4, 0.5) is 5.69 Å². The van der Waals surface area contributed by atoms with Gasteiger partial charge in [-0.15, -0.1) is 0 Å². The molecule has 0 aliphatic carbocycles. The number of H-pyrrole nitrogens is 1. The molecule has 2 N–H and O–H groups in total. The van der Waals surface area contributed by atoms with Crippen LogP contribution in [-0.4, -0.2) is 28.8 Å². The summed E-state index contributed by atoms with van der Waals surface area (Å²) >= 11 is 0. The monoisotopic (exact) mass is 195 g/mol. The average molecular weight is 195 g/mol. The molecular formula is C9H13N3O2. The molecule has 5 nitrogen and oxygen atoms in total. The van der Waals surface area contributed by atoms with Crippen molar-refractivity contribution in [3.05, 3.63) is 12.4 Å². The smallest absolute Gasteiger partial charge is 0.253 e. The zero-order valence-corrected chi connectivity index (χ0v) is 7.99. The van der Waals surface area contributed by atoms with E-state index in [0.717, 1.165) is 6.42 Å². The summed E-state index contributed by atoms with van der Waals surface area (Å²) in [5, 5.41) is 9.11. The Bertz CT molecular complexity index is 310. The first-order valence-electron chi connectivity index (χ1n) is 4.68. The third-order valence-corrected chi connectivity index (χ3v) is 2.41. The van der Waals surface area contributed by atoms with Gasteiger partial charge in [0.05, 0.1) is 11.9 Å². The first-order chi connectivity index (χ1) is 6.77. The summed E-state index contributed by atoms with van der Waals surface area (Å²) in [6.45, 7) is 2.69. The molecule has 0 bridgehead atoms. The van der Waals surface area contributed by atoms with Gasteiger partial charge in [0.1, 0.15) is 6.10 Å². The molecule has 1 aromatic rings. The van der Waals surface area contributed by atoms with E-state index in [4.69, 9.17) is 4.74 Å². The van der Waals surface area contributed by atoms with E-state index in [2.05, 4.69) is 15.5 Å². The highest BCUT2D eigenvalue weighted by Gasteiger charge is 2.30. The molecule has 0 radical (unpaired) electrons. The summed E-state index contributed by atoms with van der Waals surface area (Å²) in [5.74, 6) is 0.207. The molecule has 1 aliphatic rings. The van der Waals surface area contributed by atoms with Gasteiger partial charge in [-0.1, -0.05) is 6.92 Å². The van der Waals surface area contributed by atoms with E-state index < -0.39 is 0 Å². The molecule has 2 unspecified atom stereocenters. The van der Waals surface area contributed by atoms with E-state index in [1.54, 1.807) is 12.4 Å². The van der Waals surface area contributed by atoms with Gasteiger partial charge in [0, 0.05) is 12.8 Å². The number of anilines is 1. The minimum absolute atomic E-state index is 0.0867. The fourth-order valence-corrected chi connectivity index (χ4v) is 1.56. The summed E-state index contributed by atoms with van der Waals surface area (Å²) in [6, 6.07) is 0. The molecule has 1 saturated heterocycles. The molecule has 1 aliphatic heterocycles. The molecule has 0 saturated carbocycles. The van der Waals surface area contributed by atoms with Crippen LogP contribution >= 0.6 is 0 Å². The maximum absolute atomic E-state index is 11.6. The molecule has 0 spiro atoms. The summed E-state index contributed by atoms with van der Waals surface area (Å²) in [5.41, 5.74) is 0.678. The SMILES string of the molecule is CC1CCOC1C(=O)Nc1cn[nH]c1. The van der Waals surface area contributed by atoms with Crippen LogP contribution in [0.5, 0.6) is 0 Å². The fraction of sp³-hybridized carbons (Fsp3) is 0.556. The molecule has 1 fully saturated rings. The lowest BCUT2D eigenvalue weighted by Gasteiger charge is -2.13. The molecule has 0 aromatic carbocycles. The number of hydrogen-bond donors (Lipinski definition) is 2. The van der Waals surface area contributed by atoms with Gasteiger partial charge < -0.3 is 10.1 Å². The van der Waals surface area contributed by atoms with Gasteiger partial charge in [-0.3, -0.25) is 9.89 Å². The predicted octanol–water partition coefficient (Wildman–Crippen LogP) is 0.773. The third-order valence-electron chi connectivity index (χ3n) is 2.41. The van der Waals surface area contributed by atoms with E-state index in [-0.39, 0.29) is 12.0 Å². The Morgan fingerprint density at radius 3 is 3.21 bits per heavy atom. The average Bonchev–Trinajstić information content (AvgIpc) is 2.75. The van der Waals surface area contributed by atoms with Crippen LogP contribution in [0.3, 0.4) is 0 Å². The van der Waals surface area contributed by atoms with Gasteiger partial charge in [0.25, 0.3) is 5.91 Å². The normalized spacial score (nSPS) is 26.4. The zero-order chi connectivity index (χ0) is 9.97. The minimum atomic E-state index is -0.315. The molecule has 76 valence electrons. The second-order valence-corrected chi connectivity index (χ2v) is 3.53. The molecule has 2 heterocycles. The number of nitrogens with one attached hydrogen (secondary N) is 2. The van der Waals surface area contributed by atoms with E-state index in [0.29, 0.717) is 18.2 Å². The quantitative estimate of drug-likeness (QED) is 0.732. The van der Waals surface area contributed by atoms with Gasteiger partial charge in [0.2, 0.25) is 0 Å². The highest BCUT2D eigenvalue weighted by atomic mass is 16.5. The number of hydrogen-bond acceptors (Lipinski definition) is 3. The minimum Gasteiger partial charge on any atom is -0.368 e. The largest absolute Gasteiger partial charge is 0.368 e. The molecular weight excluding hydrogens is 182 g/mol. The maximum Gasteiger partial charge on any atom is 0.253 e. The number of ether oxygens (including phenoxy) is 1. The molecule has 14 heavy (non-hydrogen) atoms. The van der Waals surface area contributed by atoms with Crippen molar-refractivity contribution in [1.82, 2.24) is 10.2 Å². The number of nitrogens with zero attached hydrogens (tertiary/aromatic N) is 1. The number of amides is 1. The van der Waals surface area contributed by atoms with Gasteiger partial charge >= 0.3 is 0 Å². The summed E-state index contributed by atoms with van der Waals surface area (Å²) in [4.78, 5) is 11.6. The Hall–Kier alpha value is -1.36. The summed E-state index contributed by atoms with van der Waals surface area (Å²) in [7, 11) is 0. The van der Waals surface area contributed by atoms with Crippen LogP contribution in [0.2, 0.25) is 0 Å². The Labute approximate surface area is 81.8 Å². The topological polar surface area (TPSA) is 67.0 Å². The fourth-order valence-electron chi connectivity index (χ4n) is 1.56. The first kappa shape index (κ1) is 9.21. The first-order valence-corrected chi connectivity index (χ1v) is 4.68. The van der Waals surface area contributed by atoms with E-state index in [1.807, 2.05) is 6.92 Å². The van der Waals surface area contributed by atoms with Crippen molar-refractivity contribution in [2.75, 3.05) is 11.9 Å². The van der Waals surface area contributed by atoms with Crippen molar-refractivity contribution in [2.24, 2.45) is 5.92 Å². The van der Waals surface area contributed by atoms with Crippen LogP contribution in [0, 0.1) is 5.92 Å². The lowest BCUT2D eigenvalue weighted by Crippen LogP contribution is -2.31. The number of carbonyl (C=O) groups is 1. The van der Waals surface area contributed by atoms with Gasteiger partial charge in [0.15, 0.2) is 0 Å². The van der Waals surface area contributed by atoms with Crippen molar-refractivity contribution in [2.45, 2.75) is 19.4 Å². The second-order valence-electron chi connectivity index (χ2n) is 3.53. The highest BCUT2D eigenvalue weighted by Crippen LogP contribution is 2.21. The van der Waals surface area contributed by atoms with Gasteiger partial charge in [-0.05, 0) is 12.3 Å². The molecule has 5 heteroatoms. The van der Waals surface area contributed by atoms with Crippen molar-refractivity contribution in [3.63, 3.8) is 0 Å². The van der Waals surface area contributed by atoms with E-state index >= 15 is 0 Å². The number of carbonyl (C=O) groups excluding carboxylic acids is 1. The molecule has 2 atom stereocenters. The third kappa shape index (κ3) is 1.77. The molecule has 1 aromatic heterocycles. The number of rotatable bonds is 2. The maximum atomic E-state index is 11.6. The highest BCUT2D eigenvalue weighted by molar-refractivity contribution is 5.94. The van der Waals surface area contributed by atoms with Gasteiger partial charge in [-0.25, -0.2) is 0 Å². The van der Waals surface area contributed by atoms with Crippen LogP contribution in [0.1, 0.15) is 13.3 Å². The van der Waals surface area contributed by atoms with Crippen molar-refractivity contribution in [1.29, 1.82) is 0 Å². The van der Waals surface area contributed by atoms with Gasteiger partial charge in [-0.2, -0.15) is 5.10 Å². The van der Waals surface area contributed by atoms with Crippen LogP contribution < -0.4 is 5.32 Å². The zero-order valence-electron chi connectivity index (χ0n) is 7.99. The lowest BCUT2D eigenvalue weighted by molar-refractivity contribution is -0.126. The predicted molar refractivity (Wildman–Crippen MR) is 50.7 cm³/mol. The number of aromatic amines is 1. The molecule has 1 amide bonds. The summed E-state index contributed by atoms with van der Waals surface area (Å²) in [6.07, 6.45) is 3.84. The van der Waals surface area contributed by atoms with Crippen molar-refractivity contribution in [3.8, 4) is 0 Å². The lowest BCUT2D eigenvalue weighted by atomic mass is 10.0. The van der Waals surface area contributed by atoms with E-state index in [9.17, 15) is 4.79 Å². The van der Waals surface area contributed by atoms with Crippen LogP contribution in [0.15, 0.2) is 12.4 Å². The van der Waals surface area contributed by atoms with Crippen LogP contribution in [0.25, 0.3) is 0 Å². The Kier molecular flexibility index (Phi) is 2.49. The van der Waals surface area contributed by atoms with Crippen molar-refractivity contribution >= 4 is 11.6 Å². The standard InChI is InChI=1S/C9H13N3O2/c1-6-2-3-14-8(6)9(13)12-7-4-10-11-5-7/h4-6,8H,2-3H2,1H3,(H,10,11)(H,12,13). The van der Waals surface area contributed by atoms with E-state index in [1.165, 1.54) is 0 Å². The Morgan fingerprint density at radius 2 is 2.64 bits per heavy atom. The second kappa shape index (κ2) is 3.79. The van der Waals surface area contributed by atoms with Crippen LogP contribution in [-0.2, 0) is 9.53 Å². The number of aromatic nitrogens is 2. The Balaban J connectivity index is 1.95.